The summed E-state index contributed by atoms with van der Waals surface area (Å²) in [5.41, 5.74) is 3.11. The van der Waals surface area contributed by atoms with E-state index in [2.05, 4.69) is 38.2 Å². The van der Waals surface area contributed by atoms with Gasteiger partial charge < -0.3 is 29.2 Å². The van der Waals surface area contributed by atoms with Gasteiger partial charge >= 0.3 is 91.9 Å². The molecule has 0 N–H and O–H groups in total. The summed E-state index contributed by atoms with van der Waals surface area (Å²) in [4.78, 5) is 0. The van der Waals surface area contributed by atoms with Crippen LogP contribution in [0, 0.1) is 0 Å². The maximum absolute atomic E-state index is 11.2. The predicted octanol–water partition coefficient (Wildman–Crippen LogP) is 5.09. The Labute approximate surface area is 219 Å². The van der Waals surface area contributed by atoms with Crippen LogP contribution in [-0.2, 0) is 23.2 Å². The number of rotatable bonds is 6. The van der Waals surface area contributed by atoms with Gasteiger partial charge in [-0.25, -0.2) is 0 Å². The van der Waals surface area contributed by atoms with Gasteiger partial charge in [0, 0.05) is 0 Å². The molecule has 0 spiro atoms. The van der Waals surface area contributed by atoms with Crippen LogP contribution in [0.3, 0.4) is 0 Å². The van der Waals surface area contributed by atoms with E-state index in [1.807, 2.05) is 0 Å². The average molecular weight is 556 g/mol. The molecule has 0 amide bonds. The van der Waals surface area contributed by atoms with Crippen LogP contribution in [0.5, 0.6) is 34.5 Å². The number of hydrogen-bond acceptors (Lipinski definition) is 6. The smallest absolute Gasteiger partial charge is 0.114 e. The molecule has 0 atom stereocenters. The average Bonchev–Trinajstić information content (AvgIpc) is 3.48. The molecular formula is C28H32O6Zr. The predicted molar refractivity (Wildman–Crippen MR) is 131 cm³/mol. The first-order valence-electron chi connectivity index (χ1n) is 11.1. The van der Waals surface area contributed by atoms with Gasteiger partial charge in [0.25, 0.3) is 0 Å². The Hall–Kier alpha value is -2.92. The van der Waals surface area contributed by atoms with Crippen molar-refractivity contribution in [3.63, 3.8) is 0 Å². The van der Waals surface area contributed by atoms with Gasteiger partial charge in [-0.2, -0.15) is 0 Å². The Morgan fingerprint density at radius 1 is 0.600 bits per heavy atom. The van der Waals surface area contributed by atoms with Crippen molar-refractivity contribution >= 4 is 0 Å². The fourth-order valence-corrected chi connectivity index (χ4v) is 6.70. The van der Waals surface area contributed by atoms with Crippen molar-refractivity contribution in [3.05, 3.63) is 78.4 Å². The number of benzene rings is 2. The first kappa shape index (κ1) is 28.3. The van der Waals surface area contributed by atoms with E-state index in [0.717, 1.165) is 0 Å². The molecule has 0 saturated heterocycles. The molecule has 2 aliphatic rings. The van der Waals surface area contributed by atoms with Gasteiger partial charge in [-0.15, -0.1) is 0 Å². The topological polar surface area (TPSA) is 83.0 Å². The SMILES string of the molecule is CC1=[C]([Zr+2][C]2=C(C)C=CC2)CC=C1.COc1cccc(OC)c1[O-].COc1cccc(OC)c1[O-]. The van der Waals surface area contributed by atoms with Crippen LogP contribution in [0.15, 0.2) is 78.4 Å². The van der Waals surface area contributed by atoms with Gasteiger partial charge in [0.15, 0.2) is 0 Å². The van der Waals surface area contributed by atoms with Crippen LogP contribution in [-0.4, -0.2) is 28.4 Å². The fraction of sp³-hybridized carbons (Fsp3) is 0.286. The first-order valence-corrected chi connectivity index (χ1v) is 13.6. The standard InChI is InChI=1S/2C8H10O3.2C6H7.Zr/c2*1-10-6-4-3-5-7(11-2)8(6)9;2*1-6-4-2-3-5-6;/h2*3-5,9H,1-2H3;2*2,4H,3H2,1H3;/q;;;;+2/p-2. The second-order valence-electron chi connectivity index (χ2n) is 7.64. The molecular weight excluding hydrogens is 524 g/mol. The molecule has 4 rings (SSSR count). The van der Waals surface area contributed by atoms with Crippen LogP contribution in [0.4, 0.5) is 0 Å². The van der Waals surface area contributed by atoms with Crippen molar-refractivity contribution in [3.8, 4) is 34.5 Å². The van der Waals surface area contributed by atoms with E-state index >= 15 is 0 Å². The van der Waals surface area contributed by atoms with Crippen LogP contribution in [0.2, 0.25) is 0 Å². The zero-order chi connectivity index (χ0) is 25.8. The minimum Gasteiger partial charge on any atom is -0.867 e. The molecule has 0 unspecified atom stereocenters. The van der Waals surface area contributed by atoms with Gasteiger partial charge in [-0.3, -0.25) is 0 Å². The second-order valence-corrected chi connectivity index (χ2v) is 11.2. The van der Waals surface area contributed by atoms with Crippen molar-refractivity contribution in [2.45, 2.75) is 26.7 Å². The number of ether oxygens (including phenoxy) is 4. The summed E-state index contributed by atoms with van der Waals surface area (Å²) in [7, 11) is 5.82. The third-order valence-corrected chi connectivity index (χ3v) is 9.82. The number of para-hydroxylation sites is 2. The molecule has 0 aromatic heterocycles. The van der Waals surface area contributed by atoms with Crippen molar-refractivity contribution < 1.29 is 52.4 Å². The van der Waals surface area contributed by atoms with Crippen LogP contribution < -0.4 is 29.2 Å². The summed E-state index contributed by atoms with van der Waals surface area (Å²) in [5.74, 6) is 0.817. The Morgan fingerprint density at radius 3 is 1.14 bits per heavy atom. The van der Waals surface area contributed by atoms with E-state index in [4.69, 9.17) is 18.9 Å². The summed E-state index contributed by atoms with van der Waals surface area (Å²) in [5, 5.41) is 22.4. The minimum atomic E-state index is -0.385. The summed E-state index contributed by atoms with van der Waals surface area (Å²) >= 11 is -0.385. The molecule has 0 fully saturated rings. The minimum absolute atomic E-state index is 0.211. The molecule has 0 saturated carbocycles. The van der Waals surface area contributed by atoms with Crippen molar-refractivity contribution in [1.29, 1.82) is 0 Å². The number of methoxy groups -OCH3 is 4. The van der Waals surface area contributed by atoms with Crippen LogP contribution >= 0.6 is 0 Å². The molecule has 2 aromatic rings. The summed E-state index contributed by atoms with van der Waals surface area (Å²) < 4.78 is 22.7. The normalized spacial score (nSPS) is 13.4. The third-order valence-electron chi connectivity index (χ3n) is 5.40. The number of hydrogen-bond donors (Lipinski definition) is 0. The van der Waals surface area contributed by atoms with Crippen LogP contribution in [0.25, 0.3) is 0 Å². The van der Waals surface area contributed by atoms with Crippen molar-refractivity contribution in [2.75, 3.05) is 28.4 Å². The Bertz CT molecular complexity index is 982. The first-order chi connectivity index (χ1) is 16.9. The molecule has 6 nitrogen and oxygen atoms in total. The largest absolute Gasteiger partial charge is 0.867 e. The molecule has 35 heavy (non-hydrogen) atoms. The Kier molecular flexibility index (Phi) is 11.7. The zero-order valence-corrected chi connectivity index (χ0v) is 23.6. The second kappa shape index (κ2) is 14.5. The van der Waals surface area contributed by atoms with Crippen molar-refractivity contribution in [1.82, 2.24) is 0 Å². The molecule has 2 aromatic carbocycles. The molecule has 0 aliphatic heterocycles. The van der Waals surface area contributed by atoms with Crippen LogP contribution in [0.1, 0.15) is 26.7 Å². The van der Waals surface area contributed by atoms with Crippen molar-refractivity contribution in [2.24, 2.45) is 0 Å². The summed E-state index contributed by atoms with van der Waals surface area (Å²) in [6, 6.07) is 9.82. The fourth-order valence-electron chi connectivity index (χ4n) is 3.35. The van der Waals surface area contributed by atoms with E-state index < -0.39 is 0 Å². The Balaban J connectivity index is 0.000000186. The molecule has 0 heterocycles. The maximum Gasteiger partial charge on any atom is 0.114 e. The molecule has 0 radical (unpaired) electrons. The van der Waals surface area contributed by atoms with E-state index in [1.54, 1.807) is 54.1 Å². The Morgan fingerprint density at radius 2 is 0.914 bits per heavy atom. The van der Waals surface area contributed by atoms with E-state index in [0.29, 0.717) is 23.0 Å². The third kappa shape index (κ3) is 8.07. The monoisotopic (exact) mass is 554 g/mol. The van der Waals surface area contributed by atoms with Gasteiger partial charge in [0.1, 0.15) is 23.0 Å². The number of allylic oxidation sites excluding steroid dienone is 8. The molecule has 184 valence electrons. The maximum atomic E-state index is 11.2. The summed E-state index contributed by atoms with van der Waals surface area (Å²) in [6.45, 7) is 4.52. The zero-order valence-electron chi connectivity index (χ0n) is 21.1. The van der Waals surface area contributed by atoms with E-state index in [-0.39, 0.29) is 34.7 Å². The molecule has 7 heteroatoms. The van der Waals surface area contributed by atoms with E-state index in [9.17, 15) is 10.2 Å². The molecule has 0 bridgehead atoms. The van der Waals surface area contributed by atoms with Gasteiger partial charge in [-0.1, -0.05) is 12.1 Å². The molecule has 2 aliphatic carbocycles. The van der Waals surface area contributed by atoms with Gasteiger partial charge in [0.2, 0.25) is 0 Å². The summed E-state index contributed by atoms with van der Waals surface area (Å²) in [6.07, 6.45) is 11.7. The van der Waals surface area contributed by atoms with Gasteiger partial charge in [0.05, 0.1) is 28.4 Å². The quantitative estimate of drug-likeness (QED) is 0.494. The van der Waals surface area contributed by atoms with Gasteiger partial charge in [-0.05, 0) is 35.8 Å². The van der Waals surface area contributed by atoms with E-state index in [1.165, 1.54) is 41.3 Å².